The zero-order valence-electron chi connectivity index (χ0n) is 13.9. The number of hydrogen-bond acceptors (Lipinski definition) is 5. The first-order chi connectivity index (χ1) is 11.6. The zero-order valence-corrected chi connectivity index (χ0v) is 13.9. The maximum Gasteiger partial charge on any atom is 0.163 e. The van der Waals surface area contributed by atoms with Crippen LogP contribution in [0.5, 0.6) is 0 Å². The second-order valence-electron chi connectivity index (χ2n) is 5.65. The van der Waals surface area contributed by atoms with E-state index >= 15 is 0 Å². The first-order valence-corrected chi connectivity index (χ1v) is 7.75. The molecule has 0 aliphatic heterocycles. The van der Waals surface area contributed by atoms with Crippen LogP contribution in [0, 0.1) is 6.92 Å². The minimum absolute atomic E-state index is 0.0103. The third-order valence-corrected chi connectivity index (χ3v) is 3.92. The van der Waals surface area contributed by atoms with Crippen molar-refractivity contribution in [1.82, 2.24) is 19.7 Å². The van der Waals surface area contributed by atoms with E-state index in [2.05, 4.69) is 39.4 Å². The maximum absolute atomic E-state index is 11.6. The summed E-state index contributed by atoms with van der Waals surface area (Å²) in [6, 6.07) is 12.1. The number of benzene rings is 1. The Morgan fingerprint density at radius 2 is 1.96 bits per heavy atom. The van der Waals surface area contributed by atoms with Crippen LogP contribution in [-0.4, -0.2) is 25.5 Å². The summed E-state index contributed by atoms with van der Waals surface area (Å²) < 4.78 is 1.65. The highest BCUT2D eigenvalue weighted by molar-refractivity contribution is 5.95. The Kier molecular flexibility index (Phi) is 4.37. The zero-order chi connectivity index (χ0) is 17.1. The number of carbonyl (C=O) groups is 1. The Morgan fingerprint density at radius 1 is 1.21 bits per heavy atom. The van der Waals surface area contributed by atoms with Crippen molar-refractivity contribution in [3.8, 4) is 5.82 Å². The van der Waals surface area contributed by atoms with Crippen LogP contribution in [0.15, 0.2) is 48.9 Å². The standard InChI is InChI=1S/C18H19N5O/c1-12(15-7-5-4-6-8-15)22-17-9-18(20-11-19-17)23-13(2)16(10-21-23)14(3)24/h4-12H,1-3H3,(H,19,20,22)/t12-/m0/s1. The van der Waals surface area contributed by atoms with Gasteiger partial charge in [-0.25, -0.2) is 14.6 Å². The molecule has 0 fully saturated rings. The van der Waals surface area contributed by atoms with Crippen molar-refractivity contribution >= 4 is 11.6 Å². The highest BCUT2D eigenvalue weighted by atomic mass is 16.1. The SMILES string of the molecule is CC(=O)c1cnn(-c2cc(N[C@@H](C)c3ccccc3)ncn2)c1C. The summed E-state index contributed by atoms with van der Waals surface area (Å²) in [6.07, 6.45) is 3.06. The van der Waals surface area contributed by atoms with E-state index in [1.54, 1.807) is 10.9 Å². The van der Waals surface area contributed by atoms with Crippen molar-refractivity contribution in [2.24, 2.45) is 0 Å². The fraction of sp³-hybridized carbons (Fsp3) is 0.222. The molecule has 24 heavy (non-hydrogen) atoms. The van der Waals surface area contributed by atoms with Crippen molar-refractivity contribution in [1.29, 1.82) is 0 Å². The normalized spacial score (nSPS) is 12.0. The summed E-state index contributed by atoms with van der Waals surface area (Å²) >= 11 is 0. The highest BCUT2D eigenvalue weighted by Gasteiger charge is 2.13. The molecule has 0 spiro atoms. The van der Waals surface area contributed by atoms with E-state index in [0.717, 1.165) is 5.69 Å². The van der Waals surface area contributed by atoms with E-state index in [4.69, 9.17) is 0 Å². The quantitative estimate of drug-likeness (QED) is 0.730. The predicted octanol–water partition coefficient (Wildman–Crippen LogP) is 3.35. The molecule has 6 heteroatoms. The molecule has 0 saturated heterocycles. The number of ketones is 1. The van der Waals surface area contributed by atoms with Gasteiger partial charge >= 0.3 is 0 Å². The van der Waals surface area contributed by atoms with E-state index in [0.29, 0.717) is 17.2 Å². The first kappa shape index (κ1) is 15.9. The van der Waals surface area contributed by atoms with Crippen molar-refractivity contribution in [2.75, 3.05) is 5.32 Å². The van der Waals surface area contributed by atoms with Crippen LogP contribution in [0.4, 0.5) is 5.82 Å². The van der Waals surface area contributed by atoms with Gasteiger partial charge in [0.25, 0.3) is 0 Å². The van der Waals surface area contributed by atoms with Crippen LogP contribution >= 0.6 is 0 Å². The van der Waals surface area contributed by atoms with E-state index in [1.807, 2.05) is 31.2 Å². The van der Waals surface area contributed by atoms with Crippen molar-refractivity contribution in [2.45, 2.75) is 26.8 Å². The van der Waals surface area contributed by atoms with Crippen molar-refractivity contribution in [3.63, 3.8) is 0 Å². The van der Waals surface area contributed by atoms with Gasteiger partial charge in [-0.3, -0.25) is 4.79 Å². The van der Waals surface area contributed by atoms with E-state index < -0.39 is 0 Å². The number of aromatic nitrogens is 4. The van der Waals surface area contributed by atoms with Gasteiger partial charge in [0, 0.05) is 12.1 Å². The molecule has 0 saturated carbocycles. The lowest BCUT2D eigenvalue weighted by Gasteiger charge is -2.15. The van der Waals surface area contributed by atoms with Crippen LogP contribution in [-0.2, 0) is 0 Å². The number of anilines is 1. The molecule has 1 atom stereocenters. The average Bonchev–Trinajstić information content (AvgIpc) is 2.97. The second kappa shape index (κ2) is 6.62. The van der Waals surface area contributed by atoms with Gasteiger partial charge in [-0.1, -0.05) is 30.3 Å². The molecule has 3 aromatic rings. The summed E-state index contributed by atoms with van der Waals surface area (Å²) in [6.45, 7) is 5.46. The molecule has 2 aromatic heterocycles. The summed E-state index contributed by atoms with van der Waals surface area (Å²) in [5.74, 6) is 1.32. The number of rotatable bonds is 5. The van der Waals surface area contributed by atoms with Crippen molar-refractivity contribution in [3.05, 3.63) is 65.7 Å². The molecule has 0 bridgehead atoms. The molecule has 1 aromatic carbocycles. The Morgan fingerprint density at radius 3 is 2.62 bits per heavy atom. The fourth-order valence-corrected chi connectivity index (χ4v) is 2.57. The third kappa shape index (κ3) is 3.17. The molecule has 0 amide bonds. The monoisotopic (exact) mass is 321 g/mol. The smallest absolute Gasteiger partial charge is 0.163 e. The summed E-state index contributed by atoms with van der Waals surface area (Å²) in [5, 5.41) is 7.62. The van der Waals surface area contributed by atoms with Gasteiger partial charge in [0.1, 0.15) is 12.1 Å². The number of nitrogens with zero attached hydrogens (tertiary/aromatic N) is 4. The van der Waals surface area contributed by atoms with Crippen LogP contribution in [0.1, 0.15) is 41.5 Å². The molecule has 0 radical (unpaired) electrons. The molecule has 3 rings (SSSR count). The molecular formula is C18H19N5O. The lowest BCUT2D eigenvalue weighted by Crippen LogP contribution is -2.10. The fourth-order valence-electron chi connectivity index (χ4n) is 2.57. The minimum atomic E-state index is -0.0103. The molecule has 0 unspecified atom stereocenters. The van der Waals surface area contributed by atoms with Gasteiger partial charge in [0.05, 0.1) is 17.5 Å². The molecule has 1 N–H and O–H groups in total. The van der Waals surface area contributed by atoms with Crippen LogP contribution in [0.25, 0.3) is 5.82 Å². The lowest BCUT2D eigenvalue weighted by molar-refractivity contribution is 0.101. The summed E-state index contributed by atoms with van der Waals surface area (Å²) in [5.41, 5.74) is 2.54. The van der Waals surface area contributed by atoms with Gasteiger partial charge in [0.2, 0.25) is 0 Å². The van der Waals surface area contributed by atoms with E-state index in [1.165, 1.54) is 18.8 Å². The highest BCUT2D eigenvalue weighted by Crippen LogP contribution is 2.19. The Hall–Kier alpha value is -3.02. The molecule has 122 valence electrons. The predicted molar refractivity (Wildman–Crippen MR) is 92.4 cm³/mol. The van der Waals surface area contributed by atoms with Crippen LogP contribution in [0.3, 0.4) is 0 Å². The number of carbonyl (C=O) groups excluding carboxylic acids is 1. The van der Waals surface area contributed by atoms with Gasteiger partial charge in [-0.2, -0.15) is 5.10 Å². The Balaban J connectivity index is 1.86. The number of Topliss-reactive ketones (excluding diaryl/α,β-unsaturated/α-hetero) is 1. The molecule has 0 aliphatic carbocycles. The number of nitrogens with one attached hydrogen (secondary N) is 1. The average molecular weight is 321 g/mol. The molecule has 6 nitrogen and oxygen atoms in total. The van der Waals surface area contributed by atoms with E-state index in [-0.39, 0.29) is 11.8 Å². The maximum atomic E-state index is 11.6. The Bertz CT molecular complexity index is 857. The van der Waals surface area contributed by atoms with Gasteiger partial charge < -0.3 is 5.32 Å². The van der Waals surface area contributed by atoms with Crippen molar-refractivity contribution < 1.29 is 4.79 Å². The van der Waals surface area contributed by atoms with E-state index in [9.17, 15) is 4.79 Å². The minimum Gasteiger partial charge on any atom is -0.363 e. The summed E-state index contributed by atoms with van der Waals surface area (Å²) in [4.78, 5) is 20.1. The first-order valence-electron chi connectivity index (χ1n) is 7.75. The summed E-state index contributed by atoms with van der Waals surface area (Å²) in [7, 11) is 0. The second-order valence-corrected chi connectivity index (χ2v) is 5.65. The third-order valence-electron chi connectivity index (χ3n) is 3.92. The molecule has 2 heterocycles. The molecular weight excluding hydrogens is 302 g/mol. The Labute approximate surface area is 140 Å². The number of hydrogen-bond donors (Lipinski definition) is 1. The van der Waals surface area contributed by atoms with Crippen LogP contribution in [0.2, 0.25) is 0 Å². The topological polar surface area (TPSA) is 72.7 Å². The van der Waals surface area contributed by atoms with Gasteiger partial charge in [-0.15, -0.1) is 0 Å². The largest absolute Gasteiger partial charge is 0.363 e. The molecule has 0 aliphatic rings. The van der Waals surface area contributed by atoms with Gasteiger partial charge in [0.15, 0.2) is 11.6 Å². The van der Waals surface area contributed by atoms with Gasteiger partial charge in [-0.05, 0) is 26.3 Å². The lowest BCUT2D eigenvalue weighted by atomic mass is 10.1. The van der Waals surface area contributed by atoms with Crippen LogP contribution < -0.4 is 5.32 Å².